The fourth-order valence-electron chi connectivity index (χ4n) is 2.53. The van der Waals surface area contributed by atoms with E-state index in [0.717, 1.165) is 17.0 Å². The summed E-state index contributed by atoms with van der Waals surface area (Å²) in [7, 11) is 0. The van der Waals surface area contributed by atoms with E-state index in [1.165, 1.54) is 24.0 Å². The second-order valence-electron chi connectivity index (χ2n) is 5.79. The Morgan fingerprint density at radius 3 is 2.16 bits per heavy atom. The van der Waals surface area contributed by atoms with Gasteiger partial charge in [0, 0.05) is 0 Å². The van der Waals surface area contributed by atoms with Gasteiger partial charge < -0.3 is 0 Å². The predicted octanol–water partition coefficient (Wildman–Crippen LogP) is 5.49. The summed E-state index contributed by atoms with van der Waals surface area (Å²) >= 11 is 0. The van der Waals surface area contributed by atoms with Crippen LogP contribution in [0.15, 0.2) is 42.5 Å². The zero-order valence-electron chi connectivity index (χ0n) is 11.5. The van der Waals surface area contributed by atoms with Gasteiger partial charge in [-0.15, -0.1) is 0 Å². The fraction of sp³-hybridized carbons (Fsp3) is 0.333. The van der Waals surface area contributed by atoms with E-state index in [4.69, 9.17) is 0 Å². The van der Waals surface area contributed by atoms with Crippen molar-refractivity contribution in [1.29, 1.82) is 0 Å². The summed E-state index contributed by atoms with van der Waals surface area (Å²) in [5.74, 6) is 0.896. The average molecular weight is 254 g/mol. The van der Waals surface area contributed by atoms with Gasteiger partial charge in [0.05, 0.1) is 0 Å². The molecule has 1 aliphatic rings. The van der Waals surface area contributed by atoms with Crippen LogP contribution in [0.3, 0.4) is 0 Å². The largest absolute Gasteiger partial charge is 0.207 e. The van der Waals surface area contributed by atoms with Crippen LogP contribution in [0.2, 0.25) is 0 Å². The molecule has 2 aromatic carbocycles. The molecule has 1 aliphatic carbocycles. The van der Waals surface area contributed by atoms with Crippen molar-refractivity contribution < 1.29 is 4.39 Å². The van der Waals surface area contributed by atoms with Crippen LogP contribution in [0.1, 0.15) is 49.7 Å². The van der Waals surface area contributed by atoms with Gasteiger partial charge in [-0.25, -0.2) is 4.39 Å². The SMILES string of the molecule is CC(C)c1cc(-c2ccc(C3CC3)cc2)ccc1F. The van der Waals surface area contributed by atoms with Crippen molar-refractivity contribution in [3.63, 3.8) is 0 Å². The maximum Gasteiger partial charge on any atom is 0.126 e. The summed E-state index contributed by atoms with van der Waals surface area (Å²) in [6.07, 6.45) is 2.65. The molecule has 0 saturated heterocycles. The lowest BCUT2D eigenvalue weighted by atomic mass is 9.96. The minimum atomic E-state index is -0.103. The second kappa shape index (κ2) is 4.80. The van der Waals surface area contributed by atoms with Crippen molar-refractivity contribution in [2.24, 2.45) is 0 Å². The van der Waals surface area contributed by atoms with Crippen molar-refractivity contribution in [3.05, 3.63) is 59.4 Å². The second-order valence-corrected chi connectivity index (χ2v) is 5.79. The van der Waals surface area contributed by atoms with E-state index in [2.05, 4.69) is 24.3 Å². The van der Waals surface area contributed by atoms with Crippen LogP contribution in [0, 0.1) is 5.82 Å². The summed E-state index contributed by atoms with van der Waals surface area (Å²) in [5.41, 5.74) is 4.51. The van der Waals surface area contributed by atoms with E-state index in [9.17, 15) is 4.39 Å². The Kier molecular flexibility index (Phi) is 3.14. The van der Waals surface area contributed by atoms with Crippen molar-refractivity contribution in [3.8, 4) is 11.1 Å². The molecule has 2 aromatic rings. The number of hydrogen-bond donors (Lipinski definition) is 0. The topological polar surface area (TPSA) is 0 Å². The normalized spacial score (nSPS) is 14.9. The first-order valence-electron chi connectivity index (χ1n) is 7.05. The summed E-state index contributed by atoms with van der Waals surface area (Å²) < 4.78 is 13.7. The molecule has 1 saturated carbocycles. The quantitative estimate of drug-likeness (QED) is 0.679. The highest BCUT2D eigenvalue weighted by Crippen LogP contribution is 2.40. The van der Waals surface area contributed by atoms with Crippen LogP contribution in [0.4, 0.5) is 4.39 Å². The van der Waals surface area contributed by atoms with E-state index in [1.54, 1.807) is 6.07 Å². The maximum absolute atomic E-state index is 13.7. The number of halogens is 1. The van der Waals surface area contributed by atoms with Crippen molar-refractivity contribution >= 4 is 0 Å². The first-order valence-corrected chi connectivity index (χ1v) is 7.05. The lowest BCUT2D eigenvalue weighted by molar-refractivity contribution is 0.598. The van der Waals surface area contributed by atoms with Crippen molar-refractivity contribution in [2.75, 3.05) is 0 Å². The van der Waals surface area contributed by atoms with Crippen LogP contribution in [0.25, 0.3) is 11.1 Å². The Labute approximate surface area is 114 Å². The van der Waals surface area contributed by atoms with Gasteiger partial charge in [0.25, 0.3) is 0 Å². The van der Waals surface area contributed by atoms with Crippen LogP contribution >= 0.6 is 0 Å². The molecule has 0 atom stereocenters. The van der Waals surface area contributed by atoms with Crippen molar-refractivity contribution in [1.82, 2.24) is 0 Å². The number of rotatable bonds is 3. The molecule has 98 valence electrons. The molecule has 0 N–H and O–H groups in total. The van der Waals surface area contributed by atoms with Gasteiger partial charge in [0.15, 0.2) is 0 Å². The lowest BCUT2D eigenvalue weighted by Gasteiger charge is -2.10. The van der Waals surface area contributed by atoms with Gasteiger partial charge in [0.2, 0.25) is 0 Å². The standard InChI is InChI=1S/C18H19F/c1-12(2)17-11-16(9-10-18(17)19)15-7-5-14(6-8-15)13-3-4-13/h5-13H,3-4H2,1-2H3. The lowest BCUT2D eigenvalue weighted by Crippen LogP contribution is -1.93. The van der Waals surface area contributed by atoms with Gasteiger partial charge in [-0.1, -0.05) is 44.2 Å². The molecule has 1 heteroatoms. The highest BCUT2D eigenvalue weighted by Gasteiger charge is 2.23. The van der Waals surface area contributed by atoms with Gasteiger partial charge in [-0.2, -0.15) is 0 Å². The van der Waals surface area contributed by atoms with Crippen LogP contribution in [-0.4, -0.2) is 0 Å². The molecule has 0 aliphatic heterocycles. The summed E-state index contributed by atoms with van der Waals surface area (Å²) in [6.45, 7) is 4.05. The Morgan fingerprint density at radius 2 is 1.58 bits per heavy atom. The van der Waals surface area contributed by atoms with E-state index < -0.39 is 0 Å². The molecule has 0 aromatic heterocycles. The van der Waals surface area contributed by atoms with Gasteiger partial charge in [0.1, 0.15) is 5.82 Å². The van der Waals surface area contributed by atoms with Gasteiger partial charge in [-0.3, -0.25) is 0 Å². The molecular weight excluding hydrogens is 235 g/mol. The monoisotopic (exact) mass is 254 g/mol. The van der Waals surface area contributed by atoms with E-state index in [0.29, 0.717) is 0 Å². The Hall–Kier alpha value is -1.63. The van der Waals surface area contributed by atoms with Crippen molar-refractivity contribution in [2.45, 2.75) is 38.5 Å². The molecule has 0 amide bonds. The third kappa shape index (κ3) is 2.56. The Balaban J connectivity index is 1.94. The molecule has 1 fully saturated rings. The van der Waals surface area contributed by atoms with Crippen LogP contribution in [-0.2, 0) is 0 Å². The van der Waals surface area contributed by atoms with E-state index in [1.807, 2.05) is 26.0 Å². The molecule has 0 spiro atoms. The molecule has 0 nitrogen and oxygen atoms in total. The minimum Gasteiger partial charge on any atom is -0.207 e. The smallest absolute Gasteiger partial charge is 0.126 e. The molecular formula is C18H19F. The third-order valence-corrected chi connectivity index (χ3v) is 3.91. The predicted molar refractivity (Wildman–Crippen MR) is 77.9 cm³/mol. The third-order valence-electron chi connectivity index (χ3n) is 3.91. The number of hydrogen-bond acceptors (Lipinski definition) is 0. The highest BCUT2D eigenvalue weighted by atomic mass is 19.1. The number of benzene rings is 2. The average Bonchev–Trinajstić information content (AvgIpc) is 3.23. The van der Waals surface area contributed by atoms with E-state index >= 15 is 0 Å². The van der Waals surface area contributed by atoms with Crippen LogP contribution < -0.4 is 0 Å². The molecule has 0 heterocycles. The first-order chi connectivity index (χ1) is 9.15. The minimum absolute atomic E-state index is 0.103. The fourth-order valence-corrected chi connectivity index (χ4v) is 2.53. The molecule has 3 rings (SSSR count). The summed E-state index contributed by atoms with van der Waals surface area (Å²) in [5, 5.41) is 0. The van der Waals surface area contributed by atoms with Gasteiger partial charge in [-0.05, 0) is 59.1 Å². The summed E-state index contributed by atoms with van der Waals surface area (Å²) in [4.78, 5) is 0. The van der Waals surface area contributed by atoms with Gasteiger partial charge >= 0.3 is 0 Å². The van der Waals surface area contributed by atoms with E-state index in [-0.39, 0.29) is 11.7 Å². The zero-order chi connectivity index (χ0) is 13.4. The van der Waals surface area contributed by atoms with Crippen LogP contribution in [0.5, 0.6) is 0 Å². The summed E-state index contributed by atoms with van der Waals surface area (Å²) in [6, 6.07) is 14.2. The molecule has 0 bridgehead atoms. The zero-order valence-corrected chi connectivity index (χ0v) is 11.5. The molecule has 19 heavy (non-hydrogen) atoms. The molecule has 0 unspecified atom stereocenters. The first kappa shape index (κ1) is 12.4. The molecule has 0 radical (unpaired) electrons. The Bertz CT molecular complexity index is 577. The Morgan fingerprint density at radius 1 is 0.947 bits per heavy atom. The highest BCUT2D eigenvalue weighted by molar-refractivity contribution is 5.65. The maximum atomic E-state index is 13.7.